The molecule has 49 heavy (non-hydrogen) atoms. The van der Waals surface area contributed by atoms with E-state index < -0.39 is 18.3 Å². The molecule has 1 spiro atoms. The van der Waals surface area contributed by atoms with E-state index in [1.54, 1.807) is 31.6 Å². The van der Waals surface area contributed by atoms with Crippen molar-refractivity contribution in [1.82, 2.24) is 19.1 Å². The van der Waals surface area contributed by atoms with Crippen molar-refractivity contribution in [2.45, 2.75) is 71.6 Å². The Labute approximate surface area is 284 Å². The van der Waals surface area contributed by atoms with E-state index in [4.69, 9.17) is 0 Å². The molecule has 1 saturated carbocycles. The molecule has 2 aliphatic heterocycles. The van der Waals surface area contributed by atoms with Crippen molar-refractivity contribution in [3.8, 4) is 11.1 Å². The second-order valence-electron chi connectivity index (χ2n) is 15.2. The van der Waals surface area contributed by atoms with Gasteiger partial charge in [0.15, 0.2) is 5.82 Å². The fourth-order valence-electron chi connectivity index (χ4n) is 8.61. The van der Waals surface area contributed by atoms with Gasteiger partial charge in [0.1, 0.15) is 23.0 Å². The van der Waals surface area contributed by atoms with Crippen molar-refractivity contribution >= 4 is 28.9 Å². The summed E-state index contributed by atoms with van der Waals surface area (Å²) >= 11 is 0. The molecule has 4 aliphatic rings. The van der Waals surface area contributed by atoms with Crippen LogP contribution in [0.1, 0.15) is 66.8 Å². The van der Waals surface area contributed by atoms with Crippen LogP contribution in [-0.4, -0.2) is 61.0 Å². The van der Waals surface area contributed by atoms with Crippen molar-refractivity contribution in [2.75, 3.05) is 34.8 Å². The van der Waals surface area contributed by atoms with Crippen LogP contribution in [0.15, 0.2) is 47.7 Å². The van der Waals surface area contributed by atoms with Gasteiger partial charge in [-0.15, -0.1) is 0 Å². The molecule has 6 heterocycles. The molecular formula is C37H42FN7O4. The maximum absolute atomic E-state index is 15.7. The average Bonchev–Trinajstić information content (AvgIpc) is 3.53. The lowest BCUT2D eigenvalue weighted by molar-refractivity contribution is -0.0464. The summed E-state index contributed by atoms with van der Waals surface area (Å²) in [5.41, 5.74) is 4.56. The number of anilines is 4. The number of aryl methyl sites for hydroxylation is 1. The quantitative estimate of drug-likeness (QED) is 0.274. The molecule has 256 valence electrons. The number of rotatable bonds is 6. The summed E-state index contributed by atoms with van der Waals surface area (Å²) < 4.78 is 19.0. The zero-order chi connectivity index (χ0) is 34.2. The highest BCUT2D eigenvalue weighted by Crippen LogP contribution is 2.49. The van der Waals surface area contributed by atoms with Gasteiger partial charge < -0.3 is 29.6 Å². The number of nitrogens with zero attached hydrogens (tertiary/aromatic N) is 6. The monoisotopic (exact) mass is 667 g/mol. The Kier molecular flexibility index (Phi) is 7.45. The molecule has 8 rings (SSSR count). The molecule has 4 aromatic rings. The first-order valence-electron chi connectivity index (χ1n) is 17.1. The Morgan fingerprint density at radius 3 is 2.51 bits per heavy atom. The second kappa shape index (κ2) is 11.5. The number of aromatic nitrogens is 4. The Morgan fingerprint density at radius 2 is 1.82 bits per heavy atom. The first-order chi connectivity index (χ1) is 23.5. The van der Waals surface area contributed by atoms with Gasteiger partial charge in [-0.25, -0.2) is 14.4 Å². The fourth-order valence-corrected chi connectivity index (χ4v) is 8.61. The molecule has 2 aliphatic carbocycles. The van der Waals surface area contributed by atoms with E-state index in [9.17, 15) is 19.8 Å². The smallest absolute Gasteiger partial charge is 0.279 e. The summed E-state index contributed by atoms with van der Waals surface area (Å²) in [5, 5.41) is 23.6. The summed E-state index contributed by atoms with van der Waals surface area (Å²) in [6.07, 6.45) is 10.2. The number of halogens is 1. The molecule has 12 heteroatoms. The van der Waals surface area contributed by atoms with Crippen LogP contribution in [0.3, 0.4) is 0 Å². The van der Waals surface area contributed by atoms with Gasteiger partial charge in [0.2, 0.25) is 0 Å². The van der Waals surface area contributed by atoms with Crippen LogP contribution in [-0.2, 0) is 33.0 Å². The number of hydrogen-bond acceptors (Lipinski definition) is 8. The normalized spacial score (nSPS) is 19.6. The number of aliphatic hydroxyl groups is 2. The van der Waals surface area contributed by atoms with Gasteiger partial charge in [0.25, 0.3) is 11.5 Å². The summed E-state index contributed by atoms with van der Waals surface area (Å²) in [6.45, 7) is 6.39. The average molecular weight is 668 g/mol. The van der Waals surface area contributed by atoms with Crippen LogP contribution >= 0.6 is 0 Å². The minimum absolute atomic E-state index is 0.0461. The molecule has 0 unspecified atom stereocenters. The van der Waals surface area contributed by atoms with E-state index in [-0.39, 0.29) is 28.6 Å². The number of nitrogens with one attached hydrogen (secondary N) is 1. The molecule has 3 N–H and O–H groups in total. The number of carbonyl (C=O) groups excluding carboxylic acids is 1. The third-order valence-corrected chi connectivity index (χ3v) is 11.2. The number of carbonyl (C=O) groups is 1. The van der Waals surface area contributed by atoms with Gasteiger partial charge in [0.05, 0.1) is 24.6 Å². The van der Waals surface area contributed by atoms with E-state index in [0.29, 0.717) is 58.7 Å². The third kappa shape index (κ3) is 5.32. The molecule has 1 amide bonds. The number of hydrogen-bond donors (Lipinski definition) is 3. The number of aliphatic hydroxyl groups excluding tert-OH is 2. The lowest BCUT2D eigenvalue weighted by atomic mass is 9.61. The Hall–Kier alpha value is -4.55. The lowest BCUT2D eigenvalue weighted by Gasteiger charge is -2.50. The van der Waals surface area contributed by atoms with Gasteiger partial charge in [0, 0.05) is 68.0 Å². The Morgan fingerprint density at radius 1 is 1.04 bits per heavy atom. The zero-order valence-corrected chi connectivity index (χ0v) is 28.2. The number of fused-ring (bicyclic) bond motifs is 3. The number of amides is 1. The Bertz CT molecular complexity index is 2020. The van der Waals surface area contributed by atoms with Crippen molar-refractivity contribution in [3.05, 3.63) is 81.5 Å². The topological polar surface area (TPSA) is 129 Å². The van der Waals surface area contributed by atoms with Crippen LogP contribution in [0, 0.1) is 16.6 Å². The van der Waals surface area contributed by atoms with Crippen LogP contribution in [0.4, 0.5) is 27.4 Å². The van der Waals surface area contributed by atoms with Crippen LogP contribution in [0.5, 0.6) is 0 Å². The summed E-state index contributed by atoms with van der Waals surface area (Å²) in [4.78, 5) is 39.9. The minimum Gasteiger partial charge on any atom is -0.393 e. The first kappa shape index (κ1) is 31.7. The molecule has 1 saturated heterocycles. The van der Waals surface area contributed by atoms with Crippen molar-refractivity contribution in [2.24, 2.45) is 17.9 Å². The first-order valence-corrected chi connectivity index (χ1v) is 17.1. The maximum Gasteiger partial charge on any atom is 0.279 e. The standard InChI is InChI=1S/C37H42FN7O4/c1-36(2)17-26-29(18-36)44-12-13-45(35(49)32(44)31(26)38)33-27(21-46)25(6-9-39-33)22-14-28(34(48)42(3)20-22)41-30-5-4-23(19-40-30)43-10-7-37(8-11-43)15-24(47)16-37/h4-6,9,14,19-20,24,46-47H,7-8,10-13,15-18,21H2,1-3H3,(H,40,41). The van der Waals surface area contributed by atoms with Gasteiger partial charge >= 0.3 is 0 Å². The largest absolute Gasteiger partial charge is 0.393 e. The van der Waals surface area contributed by atoms with E-state index in [1.807, 2.05) is 22.9 Å². The van der Waals surface area contributed by atoms with Gasteiger partial charge in [-0.3, -0.25) is 14.5 Å². The molecule has 0 atom stereocenters. The SMILES string of the molecule is Cn1cc(-c2ccnc(N3CCn4c5c(c(F)c4C3=O)CC(C)(C)C5)c2CO)cc(Nc2ccc(N3CCC4(CC3)CC(O)C4)cn2)c1=O. The fraction of sp³-hybridized carbons (Fsp3) is 0.459. The third-order valence-electron chi connectivity index (χ3n) is 11.2. The number of piperidine rings is 1. The van der Waals surface area contributed by atoms with E-state index in [1.165, 1.54) is 9.47 Å². The minimum atomic E-state index is -0.474. The summed E-state index contributed by atoms with van der Waals surface area (Å²) in [7, 11) is 1.66. The van der Waals surface area contributed by atoms with Crippen molar-refractivity contribution < 1.29 is 19.4 Å². The molecule has 0 bridgehead atoms. The van der Waals surface area contributed by atoms with Crippen molar-refractivity contribution in [3.63, 3.8) is 0 Å². The molecule has 4 aromatic heterocycles. The molecule has 0 radical (unpaired) electrons. The summed E-state index contributed by atoms with van der Waals surface area (Å²) in [6, 6.07) is 7.31. The maximum atomic E-state index is 15.7. The van der Waals surface area contributed by atoms with E-state index in [0.717, 1.165) is 56.6 Å². The predicted octanol–water partition coefficient (Wildman–Crippen LogP) is 4.55. The highest BCUT2D eigenvalue weighted by atomic mass is 19.1. The number of pyridine rings is 3. The highest BCUT2D eigenvalue weighted by Gasteiger charge is 2.45. The molecule has 0 aromatic carbocycles. The van der Waals surface area contributed by atoms with Crippen molar-refractivity contribution in [1.29, 1.82) is 0 Å². The predicted molar refractivity (Wildman–Crippen MR) is 185 cm³/mol. The summed E-state index contributed by atoms with van der Waals surface area (Å²) in [5.74, 6) is -0.134. The van der Waals surface area contributed by atoms with Crippen LogP contribution in [0.25, 0.3) is 11.1 Å². The van der Waals surface area contributed by atoms with Crippen LogP contribution in [0.2, 0.25) is 0 Å². The van der Waals surface area contributed by atoms with Gasteiger partial charge in [-0.2, -0.15) is 0 Å². The lowest BCUT2D eigenvalue weighted by Crippen LogP contribution is -2.49. The van der Waals surface area contributed by atoms with Crippen LogP contribution < -0.4 is 20.7 Å². The van der Waals surface area contributed by atoms with Gasteiger partial charge in [-0.1, -0.05) is 13.8 Å². The molecule has 2 fully saturated rings. The van der Waals surface area contributed by atoms with E-state index >= 15 is 4.39 Å². The van der Waals surface area contributed by atoms with Gasteiger partial charge in [-0.05, 0) is 79.2 Å². The Balaban J connectivity index is 1.05. The molecule has 11 nitrogen and oxygen atoms in total. The molecular weight excluding hydrogens is 625 g/mol. The second-order valence-corrected chi connectivity index (χ2v) is 15.2. The highest BCUT2D eigenvalue weighted by molar-refractivity contribution is 6.06. The zero-order valence-electron chi connectivity index (χ0n) is 28.2. The van der Waals surface area contributed by atoms with E-state index in [2.05, 4.69) is 34.0 Å².